The summed E-state index contributed by atoms with van der Waals surface area (Å²) in [5.41, 5.74) is 3.29. The van der Waals surface area contributed by atoms with Crippen LogP contribution in [0.2, 0.25) is 5.02 Å². The fourth-order valence-electron chi connectivity index (χ4n) is 2.12. The number of benzene rings is 1. The van der Waals surface area contributed by atoms with E-state index in [1.54, 1.807) is 24.5 Å². The van der Waals surface area contributed by atoms with Crippen LogP contribution in [-0.2, 0) is 22.6 Å². The second kappa shape index (κ2) is 7.74. The van der Waals surface area contributed by atoms with Crippen molar-refractivity contribution >= 4 is 29.1 Å². The zero-order valence-electron chi connectivity index (χ0n) is 13.0. The predicted molar refractivity (Wildman–Crippen MR) is 90.3 cm³/mol. The van der Waals surface area contributed by atoms with Crippen LogP contribution in [0.4, 0.5) is 5.69 Å². The van der Waals surface area contributed by atoms with E-state index in [4.69, 9.17) is 11.6 Å². The molecule has 0 radical (unpaired) electrons. The normalized spacial score (nSPS) is 10.2. The van der Waals surface area contributed by atoms with Crippen LogP contribution in [0.3, 0.4) is 0 Å². The first-order valence-electron chi connectivity index (χ1n) is 7.17. The summed E-state index contributed by atoms with van der Waals surface area (Å²) in [4.78, 5) is 27.2. The molecule has 2 aromatic rings. The number of pyridine rings is 1. The third kappa shape index (κ3) is 5.38. The molecule has 0 saturated heterocycles. The zero-order valence-corrected chi connectivity index (χ0v) is 13.8. The standard InChI is InChI=1S/C17H18ClN3O2/c1-11-3-4-19-10-16(11)21-17(23)8-13-5-14(7-15(18)6-13)9-20-12(2)22/h3-7,10H,8-9H2,1-2H3,(H,20,22)(H,21,23). The maximum atomic E-state index is 12.2. The lowest BCUT2D eigenvalue weighted by Crippen LogP contribution is -2.19. The van der Waals surface area contributed by atoms with Gasteiger partial charge in [0.05, 0.1) is 18.3 Å². The van der Waals surface area contributed by atoms with Crippen molar-refractivity contribution in [2.75, 3.05) is 5.32 Å². The molecule has 0 aliphatic carbocycles. The van der Waals surface area contributed by atoms with Gasteiger partial charge >= 0.3 is 0 Å². The van der Waals surface area contributed by atoms with E-state index in [-0.39, 0.29) is 18.2 Å². The number of hydrogen-bond acceptors (Lipinski definition) is 3. The Morgan fingerprint density at radius 1 is 1.22 bits per heavy atom. The van der Waals surface area contributed by atoms with Crippen LogP contribution in [0.5, 0.6) is 0 Å². The van der Waals surface area contributed by atoms with Gasteiger partial charge < -0.3 is 10.6 Å². The van der Waals surface area contributed by atoms with Gasteiger partial charge in [0.25, 0.3) is 0 Å². The molecule has 1 aromatic carbocycles. The van der Waals surface area contributed by atoms with Crippen LogP contribution < -0.4 is 10.6 Å². The van der Waals surface area contributed by atoms with Gasteiger partial charge in [0.15, 0.2) is 0 Å². The Kier molecular flexibility index (Phi) is 5.71. The third-order valence-corrected chi connectivity index (χ3v) is 3.45. The molecular weight excluding hydrogens is 314 g/mol. The number of nitrogens with one attached hydrogen (secondary N) is 2. The van der Waals surface area contributed by atoms with Gasteiger partial charge in [-0.05, 0) is 41.8 Å². The Hall–Kier alpha value is -2.40. The lowest BCUT2D eigenvalue weighted by atomic mass is 10.1. The molecule has 0 unspecified atom stereocenters. The van der Waals surface area contributed by atoms with Crippen LogP contribution in [0.1, 0.15) is 23.6 Å². The monoisotopic (exact) mass is 331 g/mol. The van der Waals surface area contributed by atoms with Gasteiger partial charge in [-0.2, -0.15) is 0 Å². The van der Waals surface area contributed by atoms with Gasteiger partial charge in [-0.15, -0.1) is 0 Å². The summed E-state index contributed by atoms with van der Waals surface area (Å²) in [5, 5.41) is 6.08. The van der Waals surface area contributed by atoms with Crippen LogP contribution in [-0.4, -0.2) is 16.8 Å². The molecule has 0 aliphatic heterocycles. The van der Waals surface area contributed by atoms with Crippen molar-refractivity contribution in [1.82, 2.24) is 10.3 Å². The number of halogens is 1. The van der Waals surface area contributed by atoms with Crippen molar-refractivity contribution in [2.45, 2.75) is 26.8 Å². The minimum atomic E-state index is -0.145. The smallest absolute Gasteiger partial charge is 0.228 e. The van der Waals surface area contributed by atoms with Crippen molar-refractivity contribution in [3.05, 3.63) is 58.4 Å². The molecule has 0 saturated carbocycles. The number of carbonyl (C=O) groups is 2. The molecule has 0 fully saturated rings. The van der Waals surface area contributed by atoms with Crippen molar-refractivity contribution in [2.24, 2.45) is 0 Å². The molecule has 120 valence electrons. The predicted octanol–water partition coefficient (Wildman–Crippen LogP) is 2.86. The maximum Gasteiger partial charge on any atom is 0.228 e. The number of amides is 2. The Balaban J connectivity index is 2.05. The van der Waals surface area contributed by atoms with E-state index in [1.807, 2.05) is 19.1 Å². The van der Waals surface area contributed by atoms with Crippen molar-refractivity contribution in [3.63, 3.8) is 0 Å². The van der Waals surface area contributed by atoms with Gasteiger partial charge in [-0.25, -0.2) is 0 Å². The number of aromatic nitrogens is 1. The molecule has 2 N–H and O–H groups in total. The lowest BCUT2D eigenvalue weighted by molar-refractivity contribution is -0.119. The second-order valence-corrected chi connectivity index (χ2v) is 5.73. The molecule has 0 atom stereocenters. The van der Waals surface area contributed by atoms with Gasteiger partial charge in [0, 0.05) is 24.7 Å². The van der Waals surface area contributed by atoms with E-state index in [0.717, 1.165) is 16.7 Å². The average Bonchev–Trinajstić information content (AvgIpc) is 2.47. The number of nitrogens with zero attached hydrogens (tertiary/aromatic N) is 1. The molecule has 0 spiro atoms. The Morgan fingerprint density at radius 3 is 2.65 bits per heavy atom. The molecule has 0 bridgehead atoms. The molecule has 1 aromatic heterocycles. The van der Waals surface area contributed by atoms with Gasteiger partial charge in [-0.1, -0.05) is 17.7 Å². The van der Waals surface area contributed by atoms with Gasteiger partial charge in [0.2, 0.25) is 11.8 Å². The Morgan fingerprint density at radius 2 is 1.96 bits per heavy atom. The average molecular weight is 332 g/mol. The third-order valence-electron chi connectivity index (χ3n) is 3.24. The molecule has 6 heteroatoms. The molecule has 23 heavy (non-hydrogen) atoms. The van der Waals surface area contributed by atoms with Crippen molar-refractivity contribution in [1.29, 1.82) is 0 Å². The fraction of sp³-hybridized carbons (Fsp3) is 0.235. The highest BCUT2D eigenvalue weighted by atomic mass is 35.5. The molecular formula is C17H18ClN3O2. The fourth-order valence-corrected chi connectivity index (χ4v) is 2.40. The van der Waals surface area contributed by atoms with E-state index in [9.17, 15) is 9.59 Å². The van der Waals surface area contributed by atoms with E-state index >= 15 is 0 Å². The molecule has 5 nitrogen and oxygen atoms in total. The molecule has 1 heterocycles. The molecule has 2 rings (SSSR count). The summed E-state index contributed by atoms with van der Waals surface area (Å²) in [7, 11) is 0. The SMILES string of the molecule is CC(=O)NCc1cc(Cl)cc(CC(=O)Nc2cnccc2C)c1. The maximum absolute atomic E-state index is 12.2. The van der Waals surface area contributed by atoms with Gasteiger partial charge in [-0.3, -0.25) is 14.6 Å². The minimum Gasteiger partial charge on any atom is -0.352 e. The number of hydrogen-bond donors (Lipinski definition) is 2. The highest BCUT2D eigenvalue weighted by Gasteiger charge is 2.08. The van der Waals surface area contributed by atoms with E-state index < -0.39 is 0 Å². The van der Waals surface area contributed by atoms with Crippen molar-refractivity contribution < 1.29 is 9.59 Å². The summed E-state index contributed by atoms with van der Waals surface area (Å²) >= 11 is 6.08. The lowest BCUT2D eigenvalue weighted by Gasteiger charge is -2.09. The van der Waals surface area contributed by atoms with Crippen LogP contribution in [0.25, 0.3) is 0 Å². The molecule has 0 aliphatic rings. The van der Waals surface area contributed by atoms with Gasteiger partial charge in [0.1, 0.15) is 0 Å². The summed E-state index contributed by atoms with van der Waals surface area (Å²) in [6, 6.07) is 7.21. The molecule has 2 amide bonds. The van der Waals surface area contributed by atoms with Crippen LogP contribution in [0, 0.1) is 6.92 Å². The summed E-state index contributed by atoms with van der Waals surface area (Å²) < 4.78 is 0. The Labute approximate surface area is 140 Å². The summed E-state index contributed by atoms with van der Waals surface area (Å²) in [5.74, 6) is -0.259. The van der Waals surface area contributed by atoms with Crippen molar-refractivity contribution in [3.8, 4) is 0 Å². The number of carbonyl (C=O) groups excluding carboxylic acids is 2. The van der Waals surface area contributed by atoms with Crippen LogP contribution in [0.15, 0.2) is 36.7 Å². The topological polar surface area (TPSA) is 71.1 Å². The minimum absolute atomic E-state index is 0.115. The second-order valence-electron chi connectivity index (χ2n) is 5.29. The summed E-state index contributed by atoms with van der Waals surface area (Å²) in [6.45, 7) is 3.74. The number of rotatable bonds is 5. The highest BCUT2D eigenvalue weighted by Crippen LogP contribution is 2.17. The largest absolute Gasteiger partial charge is 0.352 e. The Bertz CT molecular complexity index is 732. The number of aryl methyl sites for hydroxylation is 1. The quantitative estimate of drug-likeness (QED) is 0.885. The highest BCUT2D eigenvalue weighted by molar-refractivity contribution is 6.30. The first-order chi connectivity index (χ1) is 10.9. The van der Waals surface area contributed by atoms with Crippen LogP contribution >= 0.6 is 11.6 Å². The van der Waals surface area contributed by atoms with E-state index in [1.165, 1.54) is 6.92 Å². The first kappa shape index (κ1) is 17.0. The zero-order chi connectivity index (χ0) is 16.8. The summed E-state index contributed by atoms with van der Waals surface area (Å²) in [6.07, 6.45) is 3.49. The first-order valence-corrected chi connectivity index (χ1v) is 7.55. The number of anilines is 1. The van der Waals surface area contributed by atoms with E-state index in [0.29, 0.717) is 17.3 Å². The van der Waals surface area contributed by atoms with E-state index in [2.05, 4.69) is 15.6 Å².